The standard InChI is InChI=1S/C95H119F3N16O20S/c1-7-8-25-76(94(133)114-38-18-26-74(114)88(127)103-61(51-116)48-81(121)122)110(4)93(132)78(46-56-21-13-10-14-22-56)112(6)91(130)71(44-59-40-65(96)82(98)66(97)41-59)104-80(120)53-135-52-73(84(123)102-50-79(99)119)109-85(124)68(36-39-115)105-86(125)69(42-57-28-32-62(117)33-29-57)106-87(126)70(47-60-49-101-67-24-16-15-23-64(60)67)107-89(128)75-27-17-37-113(75)92(131)72(43-58-30-34-63(118)35-31-58)108-90(129)77(45-55-19-11-9-12-20-55)111(5)95(134)83(100)54(2)3/h9-16,19-24,28-35,40-41,49,51,54,61,68-78,83,92,101,115,117-118,131H,7-8,17-18,25-27,36-39,42-48,50,52-53,100H2,1-6H3,(H2,99,119)(H,102,123)(H,103,127)(H,104,120)(H,105,125)(H,106,126)(H,107,128)(H,108,129)(H,109,124)(H,121,122)/t61-,68-,69-,70-,71-,72-,73-,74+,75+,76-,77?,78-,83-,92?/m0/s1. The molecule has 36 nitrogen and oxygen atoms in total. The lowest BCUT2D eigenvalue weighted by Crippen LogP contribution is -2.62. The number of aliphatic carboxylic acids is 1. The maximum atomic E-state index is 15.5. The first-order chi connectivity index (χ1) is 64.4. The number of rotatable bonds is 50. The third-order valence-corrected chi connectivity index (χ3v) is 25.0. The molecule has 135 heavy (non-hydrogen) atoms. The van der Waals surface area contributed by atoms with Crippen LogP contribution in [0.4, 0.5) is 13.2 Å². The fraction of sp³-hybridized carbons (Fsp3) is 0.442. The van der Waals surface area contributed by atoms with E-state index in [4.69, 9.17) is 11.5 Å². The SMILES string of the molecule is CCCC[C@@H](C(=O)N1CCC[C@@H]1C(=O)N[C@H](C=O)CC(=O)O)N(C)C(=O)[C@H](Cc1ccccc1)N(C)C(=O)[C@H](Cc1cc(F)c(F)c(F)c1)NC(=O)CSC[C@H](NC(=O)[C@H](CCO)NC(=O)[C@H](Cc1ccc(O)cc1)NC(=O)[C@H](Cc1c[nH]c2ccccc12)NC(=O)[C@H]1CCCN1C(O)[C@H](Cc1ccc(O)cc1)NC(=O)C(Cc1ccccc1)N(C)C(=O)[C@@H](N)C(C)C)C(=O)NCC(N)=O. The number of aromatic hydroxyl groups is 2. The average molecular weight is 1890 g/mol. The summed E-state index contributed by atoms with van der Waals surface area (Å²) in [6, 6.07) is 18.2. The van der Waals surface area contributed by atoms with Crippen molar-refractivity contribution < 1.29 is 111 Å². The number of carboxylic acid groups (broad SMARTS) is 1. The number of nitrogens with zero attached hydrogens (tertiary/aromatic N) is 5. The molecule has 2 aliphatic rings. The van der Waals surface area contributed by atoms with Gasteiger partial charge in [0.1, 0.15) is 78.4 Å². The van der Waals surface area contributed by atoms with Crippen molar-refractivity contribution in [3.63, 3.8) is 0 Å². The van der Waals surface area contributed by atoms with E-state index in [1.165, 1.54) is 72.2 Å². The van der Waals surface area contributed by atoms with E-state index >= 15 is 32.8 Å². The minimum absolute atomic E-state index is 0.0304. The number of aromatic amines is 1. The summed E-state index contributed by atoms with van der Waals surface area (Å²) in [6.07, 6.45) is -0.990. The van der Waals surface area contributed by atoms with E-state index in [1.807, 2.05) is 6.92 Å². The molecule has 2 saturated heterocycles. The molecule has 6 aromatic carbocycles. The van der Waals surface area contributed by atoms with E-state index in [-0.39, 0.29) is 93.7 Å². The van der Waals surface area contributed by atoms with Crippen LogP contribution in [-0.4, -0.2) is 288 Å². The number of amides is 13. The predicted octanol–water partition coefficient (Wildman–Crippen LogP) is 1.96. The Hall–Kier alpha value is -13.3. The van der Waals surface area contributed by atoms with E-state index in [1.54, 1.807) is 117 Å². The first-order valence-electron chi connectivity index (χ1n) is 44.5. The van der Waals surface area contributed by atoms with Crippen molar-refractivity contribution in [3.8, 4) is 11.5 Å². The number of para-hydroxylation sites is 1. The van der Waals surface area contributed by atoms with Gasteiger partial charge in [-0.25, -0.2) is 13.2 Å². The molecule has 2 fully saturated rings. The van der Waals surface area contributed by atoms with Gasteiger partial charge in [-0.3, -0.25) is 72.0 Å². The molecule has 7 aromatic rings. The van der Waals surface area contributed by atoms with Gasteiger partial charge in [0.15, 0.2) is 17.5 Å². The summed E-state index contributed by atoms with van der Waals surface area (Å²) < 4.78 is 44.8. The van der Waals surface area contributed by atoms with Gasteiger partial charge in [-0.15, -0.1) is 11.8 Å². The molecule has 40 heteroatoms. The number of halogens is 3. The predicted molar refractivity (Wildman–Crippen MR) is 491 cm³/mol. The third kappa shape index (κ3) is 29.8. The monoisotopic (exact) mass is 1890 g/mol. The van der Waals surface area contributed by atoms with Crippen molar-refractivity contribution >= 4 is 112 Å². The van der Waals surface area contributed by atoms with Crippen LogP contribution in [0.25, 0.3) is 10.9 Å². The minimum Gasteiger partial charge on any atom is -0.508 e. The molecule has 3 heterocycles. The van der Waals surface area contributed by atoms with E-state index in [2.05, 4.69) is 47.5 Å². The van der Waals surface area contributed by atoms with Crippen LogP contribution in [0.1, 0.15) is 112 Å². The lowest BCUT2D eigenvalue weighted by atomic mass is 9.98. The minimum atomic E-state index is -1.87. The van der Waals surface area contributed by atoms with Crippen molar-refractivity contribution in [3.05, 3.63) is 203 Å². The summed E-state index contributed by atoms with van der Waals surface area (Å²) >= 11 is 0.630. The Bertz CT molecular complexity index is 5280. The number of carboxylic acids is 1. The summed E-state index contributed by atoms with van der Waals surface area (Å²) in [6.45, 7) is 3.86. The highest BCUT2D eigenvalue weighted by Gasteiger charge is 2.46. The highest BCUT2D eigenvalue weighted by molar-refractivity contribution is 8.00. The molecule has 0 saturated carbocycles. The second-order valence-corrected chi connectivity index (χ2v) is 35.1. The van der Waals surface area contributed by atoms with Crippen LogP contribution in [0, 0.1) is 23.4 Å². The molecule has 726 valence electrons. The molecule has 0 radical (unpaired) electrons. The molecular formula is C95H119F3N16O20S. The van der Waals surface area contributed by atoms with E-state index in [9.17, 15) is 77.9 Å². The summed E-state index contributed by atoms with van der Waals surface area (Å²) in [7, 11) is 3.97. The van der Waals surface area contributed by atoms with Crippen LogP contribution in [0.2, 0.25) is 0 Å². The zero-order chi connectivity index (χ0) is 98.4. The van der Waals surface area contributed by atoms with Crippen LogP contribution >= 0.6 is 11.8 Å². The number of likely N-dealkylation sites (tertiary alicyclic amines) is 2. The quantitative estimate of drug-likeness (QED) is 0.0191. The van der Waals surface area contributed by atoms with Gasteiger partial charge in [-0.1, -0.05) is 137 Å². The van der Waals surface area contributed by atoms with E-state index < -0.39 is 229 Å². The van der Waals surface area contributed by atoms with Gasteiger partial charge in [-0.2, -0.15) is 0 Å². The molecule has 14 atom stereocenters. The molecule has 0 bridgehead atoms. The molecule has 2 aliphatic heterocycles. The number of carbonyl (C=O) groups is 15. The fourth-order valence-corrected chi connectivity index (χ4v) is 17.2. The summed E-state index contributed by atoms with van der Waals surface area (Å²) in [4.78, 5) is 222. The molecule has 0 spiro atoms. The maximum absolute atomic E-state index is 15.5. The van der Waals surface area contributed by atoms with E-state index in [0.717, 1.165) is 9.80 Å². The Morgan fingerprint density at radius 1 is 0.563 bits per heavy atom. The first-order valence-corrected chi connectivity index (χ1v) is 45.7. The zero-order valence-corrected chi connectivity index (χ0v) is 76.6. The molecule has 0 aliphatic carbocycles. The number of unbranched alkanes of at least 4 members (excludes halogenated alkanes) is 1. The highest BCUT2D eigenvalue weighted by Crippen LogP contribution is 2.29. The number of aldehydes is 1. The summed E-state index contributed by atoms with van der Waals surface area (Å²) in [5.74, 6) is -20.2. The maximum Gasteiger partial charge on any atom is 0.305 e. The number of aliphatic hydroxyl groups is 2. The van der Waals surface area contributed by atoms with Crippen LogP contribution in [0.5, 0.6) is 11.5 Å². The number of likely N-dealkylation sites (N-methyl/N-ethyl adjacent to an activating group) is 3. The van der Waals surface area contributed by atoms with Crippen molar-refractivity contribution in [2.24, 2.45) is 17.4 Å². The van der Waals surface area contributed by atoms with Gasteiger partial charge in [0.25, 0.3) is 0 Å². The number of phenols is 2. The lowest BCUT2D eigenvalue weighted by molar-refractivity contribution is -0.152. The number of aliphatic hydroxyl groups excluding tert-OH is 2. The van der Waals surface area contributed by atoms with Gasteiger partial charge in [0.2, 0.25) is 76.8 Å². The molecule has 13 amide bonds. The number of fused-ring (bicyclic) bond motifs is 1. The second kappa shape index (κ2) is 50.7. The molecule has 18 N–H and O–H groups in total. The van der Waals surface area contributed by atoms with Crippen molar-refractivity contribution in [1.82, 2.24) is 72.0 Å². The van der Waals surface area contributed by atoms with E-state index in [0.29, 0.717) is 88.3 Å². The number of carbonyl (C=O) groups excluding carboxylic acids is 14. The lowest BCUT2D eigenvalue weighted by Gasteiger charge is -2.38. The molecular weight excluding hydrogens is 1770 g/mol. The number of hydrogen-bond donors (Lipinski definition) is 16. The summed E-state index contributed by atoms with van der Waals surface area (Å²) in [5.41, 5.74) is 14.7. The number of benzene rings is 6. The number of aromatic nitrogens is 1. The number of thioether (sulfide) groups is 1. The van der Waals surface area contributed by atoms with Crippen molar-refractivity contribution in [2.45, 2.75) is 202 Å². The number of nitrogens with one attached hydrogen (secondary N) is 9. The highest BCUT2D eigenvalue weighted by atomic mass is 32.2. The van der Waals surface area contributed by atoms with Gasteiger partial charge in [-0.05, 0) is 127 Å². The van der Waals surface area contributed by atoms with Crippen LogP contribution in [0.15, 0.2) is 152 Å². The second-order valence-electron chi connectivity index (χ2n) is 34.1. The number of phenolic OH excluding ortho intramolecular Hbond substituents is 2. The Labute approximate surface area is 782 Å². The van der Waals surface area contributed by atoms with Gasteiger partial charge >= 0.3 is 5.97 Å². The largest absolute Gasteiger partial charge is 0.508 e. The number of primary amides is 1. The Morgan fingerprint density at radius 3 is 1.68 bits per heavy atom. The fourth-order valence-electron chi connectivity index (χ4n) is 16.4. The van der Waals surface area contributed by atoms with Crippen LogP contribution in [-0.2, 0) is 110 Å². The van der Waals surface area contributed by atoms with Crippen molar-refractivity contribution in [2.75, 3.05) is 58.9 Å². The molecule has 2 unspecified atom stereocenters. The average Bonchev–Trinajstić information content (AvgIpc) is 1.72. The number of nitrogens with two attached hydrogens (primary N) is 2. The first kappa shape index (κ1) is 105. The number of hydrogen-bond acceptors (Lipinski definition) is 22. The Balaban J connectivity index is 0.953. The topological polar surface area (TPSA) is 537 Å². The van der Waals surface area contributed by atoms with Gasteiger partial charge in [0, 0.05) is 95.8 Å². The Kier molecular flexibility index (Phi) is 39.6. The zero-order valence-electron chi connectivity index (χ0n) is 75.8. The van der Waals surface area contributed by atoms with Gasteiger partial charge < -0.3 is 109 Å². The third-order valence-electron chi connectivity index (χ3n) is 23.9. The van der Waals surface area contributed by atoms with Crippen LogP contribution in [0.3, 0.4) is 0 Å². The normalized spacial score (nSPS) is 16.4. The van der Waals surface area contributed by atoms with Gasteiger partial charge in [0.05, 0.1) is 42.9 Å². The smallest absolute Gasteiger partial charge is 0.305 e. The number of H-pyrrole nitrogens is 1. The molecule has 1 aromatic heterocycles. The summed E-state index contributed by atoms with van der Waals surface area (Å²) in [5, 5.41) is 74.8. The van der Waals surface area contributed by atoms with Crippen molar-refractivity contribution in [1.29, 1.82) is 0 Å². The van der Waals surface area contributed by atoms with Crippen LogP contribution < -0.4 is 54.0 Å². The molecule has 9 rings (SSSR count). The Morgan fingerprint density at radius 2 is 1.09 bits per heavy atom.